The molecule has 0 aromatic heterocycles. The van der Waals surface area contributed by atoms with Crippen molar-refractivity contribution in [3.63, 3.8) is 0 Å². The molecule has 2 nitrogen and oxygen atoms in total. The summed E-state index contributed by atoms with van der Waals surface area (Å²) in [7, 11) is -1.08. The Hall–Kier alpha value is -2.00. The molecule has 2 aromatic rings. The van der Waals surface area contributed by atoms with Gasteiger partial charge in [0.2, 0.25) is 0 Å². The van der Waals surface area contributed by atoms with Gasteiger partial charge in [0.1, 0.15) is 0 Å². The summed E-state index contributed by atoms with van der Waals surface area (Å²) >= 11 is 0. The van der Waals surface area contributed by atoms with Crippen molar-refractivity contribution < 1.29 is 4.21 Å². The van der Waals surface area contributed by atoms with Gasteiger partial charge < -0.3 is 0 Å². The molecule has 0 N–H and O–H groups in total. The molecule has 0 fully saturated rings. The monoisotopic (exact) mass is 281 g/mol. The van der Waals surface area contributed by atoms with E-state index in [0.29, 0.717) is 6.54 Å². The second kappa shape index (κ2) is 5.97. The molecule has 2 unspecified atom stereocenters. The van der Waals surface area contributed by atoms with Crippen LogP contribution >= 0.6 is 0 Å². The normalized spacial score (nSPS) is 19.4. The van der Waals surface area contributed by atoms with E-state index in [2.05, 4.69) is 17.1 Å². The zero-order valence-electron chi connectivity index (χ0n) is 11.0. The van der Waals surface area contributed by atoms with Crippen molar-refractivity contribution in [1.29, 1.82) is 0 Å². The van der Waals surface area contributed by atoms with Crippen molar-refractivity contribution in [2.24, 2.45) is 4.99 Å². The first-order chi connectivity index (χ1) is 9.86. The van der Waals surface area contributed by atoms with E-state index >= 15 is 0 Å². The smallest absolute Gasteiger partial charge is 0.0845 e. The van der Waals surface area contributed by atoms with Crippen LogP contribution in [0.5, 0.6) is 0 Å². The quantitative estimate of drug-likeness (QED) is 0.848. The van der Waals surface area contributed by atoms with Crippen molar-refractivity contribution in [3.8, 4) is 0 Å². The maximum absolute atomic E-state index is 12.8. The van der Waals surface area contributed by atoms with Crippen molar-refractivity contribution in [3.05, 3.63) is 72.3 Å². The number of nitrogens with zero attached hydrogens (tertiary/aromatic N) is 1. The predicted octanol–water partition coefficient (Wildman–Crippen LogP) is 3.33. The highest BCUT2D eigenvalue weighted by atomic mass is 32.2. The first-order valence-electron chi connectivity index (χ1n) is 6.57. The second-order valence-electron chi connectivity index (χ2n) is 4.60. The Balaban J connectivity index is 1.95. The molecule has 1 aliphatic rings. The molecule has 0 saturated heterocycles. The molecule has 0 amide bonds. The van der Waals surface area contributed by atoms with Crippen molar-refractivity contribution in [1.82, 2.24) is 0 Å². The van der Waals surface area contributed by atoms with Crippen LogP contribution in [0.2, 0.25) is 0 Å². The summed E-state index contributed by atoms with van der Waals surface area (Å²) in [5.41, 5.74) is 2.22. The fourth-order valence-corrected chi connectivity index (χ4v) is 3.73. The van der Waals surface area contributed by atoms with E-state index in [9.17, 15) is 4.21 Å². The Morgan fingerprint density at radius 1 is 0.950 bits per heavy atom. The van der Waals surface area contributed by atoms with Crippen LogP contribution in [0.15, 0.2) is 76.6 Å². The fraction of sp³-hybridized carbons (Fsp3) is 0.118. The summed E-state index contributed by atoms with van der Waals surface area (Å²) in [5.74, 6) is 0. The molecule has 20 heavy (non-hydrogen) atoms. The Morgan fingerprint density at radius 2 is 1.60 bits per heavy atom. The maximum atomic E-state index is 12.8. The summed E-state index contributed by atoms with van der Waals surface area (Å²) in [4.78, 5) is 5.14. The van der Waals surface area contributed by atoms with Crippen LogP contribution in [-0.2, 0) is 10.8 Å². The summed E-state index contributed by atoms with van der Waals surface area (Å²) in [5, 5.41) is -0.0789. The van der Waals surface area contributed by atoms with Crippen LogP contribution in [0.4, 0.5) is 0 Å². The lowest BCUT2D eigenvalue weighted by Gasteiger charge is -2.21. The lowest BCUT2D eigenvalue weighted by Crippen LogP contribution is -2.23. The highest BCUT2D eigenvalue weighted by Crippen LogP contribution is 2.27. The van der Waals surface area contributed by atoms with E-state index in [4.69, 9.17) is 0 Å². The van der Waals surface area contributed by atoms with Gasteiger partial charge in [-0.1, -0.05) is 48.5 Å². The highest BCUT2D eigenvalue weighted by molar-refractivity contribution is 7.86. The molecule has 3 rings (SSSR count). The molecule has 0 aliphatic carbocycles. The Morgan fingerprint density at radius 3 is 2.30 bits per heavy atom. The van der Waals surface area contributed by atoms with Gasteiger partial charge in [0.05, 0.1) is 22.6 Å². The minimum Gasteiger partial charge on any atom is -0.292 e. The number of allylic oxidation sites excluding steroid dienone is 1. The predicted molar refractivity (Wildman–Crippen MR) is 84.4 cm³/mol. The van der Waals surface area contributed by atoms with Crippen LogP contribution in [0, 0.1) is 0 Å². The topological polar surface area (TPSA) is 29.4 Å². The molecule has 100 valence electrons. The number of hydrogen-bond donors (Lipinski definition) is 0. The molecular formula is C17H15NOS. The van der Waals surface area contributed by atoms with Crippen molar-refractivity contribution in [2.45, 2.75) is 10.1 Å². The van der Waals surface area contributed by atoms with Crippen LogP contribution in [0.25, 0.3) is 5.57 Å². The minimum atomic E-state index is -1.08. The lowest BCUT2D eigenvalue weighted by atomic mass is 10.0. The molecule has 0 bridgehead atoms. The third-order valence-corrected chi connectivity index (χ3v) is 4.98. The summed E-state index contributed by atoms with van der Waals surface area (Å²) in [6, 6.07) is 19.7. The zero-order valence-corrected chi connectivity index (χ0v) is 11.8. The number of aliphatic imine (C=N–C) groups is 1. The average molecular weight is 281 g/mol. The van der Waals surface area contributed by atoms with E-state index in [0.717, 1.165) is 16.0 Å². The third kappa shape index (κ3) is 2.63. The van der Waals surface area contributed by atoms with Crippen LogP contribution in [-0.4, -0.2) is 22.2 Å². The summed E-state index contributed by atoms with van der Waals surface area (Å²) in [6.07, 6.45) is 3.78. The van der Waals surface area contributed by atoms with Gasteiger partial charge in [-0.05, 0) is 29.3 Å². The van der Waals surface area contributed by atoms with Gasteiger partial charge in [-0.3, -0.25) is 9.20 Å². The van der Waals surface area contributed by atoms with Gasteiger partial charge in [-0.25, -0.2) is 0 Å². The first-order valence-corrected chi connectivity index (χ1v) is 7.78. The Kier molecular flexibility index (Phi) is 3.88. The lowest BCUT2D eigenvalue weighted by molar-refractivity contribution is 0.678. The van der Waals surface area contributed by atoms with E-state index in [1.54, 1.807) is 6.21 Å². The second-order valence-corrected chi connectivity index (χ2v) is 6.24. The molecule has 0 spiro atoms. The van der Waals surface area contributed by atoms with Gasteiger partial charge in [0.15, 0.2) is 0 Å². The zero-order chi connectivity index (χ0) is 13.8. The Labute approximate surface area is 121 Å². The Bertz CT molecular complexity index is 662. The minimum absolute atomic E-state index is 0.0789. The number of dihydropyridines is 1. The first kappa shape index (κ1) is 13.0. The fourth-order valence-electron chi connectivity index (χ4n) is 2.31. The van der Waals surface area contributed by atoms with Crippen LogP contribution < -0.4 is 0 Å². The van der Waals surface area contributed by atoms with Crippen molar-refractivity contribution in [2.75, 3.05) is 6.54 Å². The third-order valence-electron chi connectivity index (χ3n) is 3.32. The molecular weight excluding hydrogens is 266 g/mol. The van der Waals surface area contributed by atoms with Crippen molar-refractivity contribution >= 4 is 22.6 Å². The number of hydrogen-bond acceptors (Lipinski definition) is 2. The molecule has 2 atom stereocenters. The molecule has 2 aromatic carbocycles. The van der Waals surface area contributed by atoms with E-state index in [1.807, 2.05) is 54.6 Å². The number of rotatable bonds is 3. The largest absolute Gasteiger partial charge is 0.292 e. The van der Waals surface area contributed by atoms with Gasteiger partial charge in [0.25, 0.3) is 0 Å². The van der Waals surface area contributed by atoms with E-state index in [1.165, 1.54) is 0 Å². The van der Waals surface area contributed by atoms with E-state index < -0.39 is 10.8 Å². The SMILES string of the molecule is O=S(c1ccccc1)C1CN=CC=C1c1ccccc1. The standard InChI is InChI=1S/C17H15NOS/c19-20(15-9-5-2-6-10-15)17-13-18-12-11-16(17)14-7-3-1-4-8-14/h1-12,17H,13H2. The molecule has 1 heterocycles. The summed E-state index contributed by atoms with van der Waals surface area (Å²) < 4.78 is 12.8. The molecule has 3 heteroatoms. The maximum Gasteiger partial charge on any atom is 0.0845 e. The molecule has 1 aliphatic heterocycles. The molecule has 0 saturated carbocycles. The average Bonchev–Trinajstić information content (AvgIpc) is 2.56. The van der Waals surface area contributed by atoms with Gasteiger partial charge in [-0.15, -0.1) is 0 Å². The highest BCUT2D eigenvalue weighted by Gasteiger charge is 2.24. The van der Waals surface area contributed by atoms with Gasteiger partial charge in [0, 0.05) is 11.1 Å². The number of benzene rings is 2. The molecule has 0 radical (unpaired) electrons. The summed E-state index contributed by atoms with van der Waals surface area (Å²) in [6.45, 7) is 0.572. The van der Waals surface area contributed by atoms with Crippen LogP contribution in [0.1, 0.15) is 5.56 Å². The van der Waals surface area contributed by atoms with Gasteiger partial charge in [-0.2, -0.15) is 0 Å². The van der Waals surface area contributed by atoms with Crippen LogP contribution in [0.3, 0.4) is 0 Å². The van der Waals surface area contributed by atoms with Gasteiger partial charge >= 0.3 is 0 Å². The van der Waals surface area contributed by atoms with E-state index in [-0.39, 0.29) is 5.25 Å².